The van der Waals surface area contributed by atoms with E-state index in [1.807, 2.05) is 0 Å². The van der Waals surface area contributed by atoms with Crippen LogP contribution in [0.25, 0.3) is 0 Å². The Balaban J connectivity index is 1.81. The van der Waals surface area contributed by atoms with Gasteiger partial charge in [-0.15, -0.1) is 0 Å². The lowest BCUT2D eigenvalue weighted by molar-refractivity contribution is 0.102. The molecule has 10 heteroatoms. The molecule has 144 valence electrons. The van der Waals surface area contributed by atoms with Crippen molar-refractivity contribution in [2.24, 2.45) is 0 Å². The molecule has 0 unspecified atom stereocenters. The van der Waals surface area contributed by atoms with Crippen molar-refractivity contribution in [3.05, 3.63) is 82.6 Å². The van der Waals surface area contributed by atoms with E-state index in [9.17, 15) is 22.0 Å². The van der Waals surface area contributed by atoms with Gasteiger partial charge >= 0.3 is 0 Å². The fourth-order valence-electron chi connectivity index (χ4n) is 2.24. The van der Waals surface area contributed by atoms with Crippen LogP contribution >= 0.6 is 15.9 Å². The van der Waals surface area contributed by atoms with Crippen molar-refractivity contribution in [3.63, 3.8) is 0 Å². The van der Waals surface area contributed by atoms with E-state index >= 15 is 0 Å². The maximum absolute atomic E-state index is 13.7. The van der Waals surface area contributed by atoms with Gasteiger partial charge in [-0.2, -0.15) is 0 Å². The molecule has 3 rings (SSSR count). The number of aromatic nitrogens is 1. The maximum atomic E-state index is 13.7. The minimum Gasteiger partial charge on any atom is -0.319 e. The molecular weight excluding hydrogens is 456 g/mol. The lowest BCUT2D eigenvalue weighted by Gasteiger charge is -2.10. The predicted octanol–water partition coefficient (Wildman–Crippen LogP) is 4.18. The minimum absolute atomic E-state index is 0.0207. The Morgan fingerprint density at radius 1 is 1.00 bits per heavy atom. The van der Waals surface area contributed by atoms with Gasteiger partial charge in [-0.05, 0) is 42.5 Å². The summed E-state index contributed by atoms with van der Waals surface area (Å²) in [4.78, 5) is 16.1. The average Bonchev–Trinajstić information content (AvgIpc) is 2.65. The number of rotatable bonds is 5. The number of hydrogen-bond acceptors (Lipinski definition) is 4. The van der Waals surface area contributed by atoms with Crippen LogP contribution in [0.2, 0.25) is 0 Å². The average molecular weight is 468 g/mol. The Morgan fingerprint density at radius 3 is 2.43 bits per heavy atom. The van der Waals surface area contributed by atoms with E-state index in [2.05, 4.69) is 31.0 Å². The lowest BCUT2D eigenvalue weighted by Crippen LogP contribution is -2.16. The fourth-order valence-corrected chi connectivity index (χ4v) is 3.53. The van der Waals surface area contributed by atoms with Crippen molar-refractivity contribution in [2.75, 3.05) is 10.0 Å². The molecule has 2 N–H and O–H groups in total. The van der Waals surface area contributed by atoms with Crippen LogP contribution in [0.5, 0.6) is 0 Å². The topological polar surface area (TPSA) is 88.2 Å². The third-order valence-corrected chi connectivity index (χ3v) is 5.48. The number of hydrogen-bond donors (Lipinski definition) is 2. The molecule has 0 radical (unpaired) electrons. The van der Waals surface area contributed by atoms with Gasteiger partial charge in [0.05, 0.1) is 28.0 Å². The second-order valence-electron chi connectivity index (χ2n) is 5.60. The van der Waals surface area contributed by atoms with Gasteiger partial charge < -0.3 is 5.32 Å². The van der Waals surface area contributed by atoms with E-state index < -0.39 is 27.6 Å². The van der Waals surface area contributed by atoms with Crippen molar-refractivity contribution in [1.82, 2.24) is 4.98 Å². The third kappa shape index (κ3) is 4.70. The number of carbonyl (C=O) groups excluding carboxylic acids is 1. The monoisotopic (exact) mass is 467 g/mol. The summed E-state index contributed by atoms with van der Waals surface area (Å²) in [6.07, 6.45) is 2.39. The zero-order chi connectivity index (χ0) is 20.3. The van der Waals surface area contributed by atoms with Crippen LogP contribution in [0.15, 0.2) is 70.3 Å². The summed E-state index contributed by atoms with van der Waals surface area (Å²) in [5, 5.41) is 2.22. The zero-order valence-electron chi connectivity index (χ0n) is 14.0. The summed E-state index contributed by atoms with van der Waals surface area (Å²) in [6, 6.07) is 9.83. The molecule has 0 atom stereocenters. The summed E-state index contributed by atoms with van der Waals surface area (Å²) in [7, 11) is -3.90. The molecule has 3 aromatic rings. The highest BCUT2D eigenvalue weighted by Gasteiger charge is 2.16. The largest absolute Gasteiger partial charge is 0.319 e. The molecule has 1 heterocycles. The van der Waals surface area contributed by atoms with Crippen LogP contribution in [0.3, 0.4) is 0 Å². The number of nitrogens with zero attached hydrogens (tertiary/aromatic N) is 1. The normalized spacial score (nSPS) is 11.1. The van der Waals surface area contributed by atoms with Crippen LogP contribution in [-0.2, 0) is 10.0 Å². The molecule has 2 aromatic carbocycles. The van der Waals surface area contributed by atoms with Crippen LogP contribution in [0.4, 0.5) is 20.2 Å². The van der Waals surface area contributed by atoms with Crippen LogP contribution < -0.4 is 10.0 Å². The fraction of sp³-hybridized carbons (Fsp3) is 0. The number of carbonyl (C=O) groups is 1. The van der Waals surface area contributed by atoms with E-state index in [1.54, 1.807) is 12.1 Å². The number of anilines is 2. The molecule has 1 aromatic heterocycles. The first-order chi connectivity index (χ1) is 13.2. The summed E-state index contributed by atoms with van der Waals surface area (Å²) in [6.45, 7) is 0. The van der Waals surface area contributed by atoms with Gasteiger partial charge in [-0.3, -0.25) is 14.5 Å². The highest BCUT2D eigenvalue weighted by molar-refractivity contribution is 9.10. The summed E-state index contributed by atoms with van der Waals surface area (Å²) >= 11 is 3.22. The predicted molar refractivity (Wildman–Crippen MR) is 103 cm³/mol. The zero-order valence-corrected chi connectivity index (χ0v) is 16.4. The van der Waals surface area contributed by atoms with Crippen molar-refractivity contribution in [2.45, 2.75) is 4.90 Å². The van der Waals surface area contributed by atoms with Gasteiger partial charge in [0.25, 0.3) is 15.9 Å². The van der Waals surface area contributed by atoms with E-state index in [-0.39, 0.29) is 21.8 Å². The number of amides is 1. The minimum atomic E-state index is -3.90. The molecular formula is C18H12BrF2N3O3S. The van der Waals surface area contributed by atoms with Crippen molar-refractivity contribution in [3.8, 4) is 0 Å². The molecule has 6 nitrogen and oxygen atoms in total. The first-order valence-corrected chi connectivity index (χ1v) is 10.0. The first kappa shape index (κ1) is 19.9. The van der Waals surface area contributed by atoms with Gasteiger partial charge in [0.1, 0.15) is 11.6 Å². The van der Waals surface area contributed by atoms with Crippen molar-refractivity contribution in [1.29, 1.82) is 0 Å². The Labute approximate surface area is 167 Å². The van der Waals surface area contributed by atoms with Gasteiger partial charge in [0.2, 0.25) is 0 Å². The third-order valence-electron chi connectivity index (χ3n) is 3.55. The highest BCUT2D eigenvalue weighted by atomic mass is 79.9. The molecule has 0 aliphatic carbocycles. The van der Waals surface area contributed by atoms with Crippen molar-refractivity contribution < 1.29 is 22.0 Å². The summed E-state index contributed by atoms with van der Waals surface area (Å²) < 4.78 is 54.8. The smallest absolute Gasteiger partial charge is 0.261 e. The number of sulfonamides is 1. The first-order valence-electron chi connectivity index (χ1n) is 7.74. The maximum Gasteiger partial charge on any atom is 0.261 e. The molecule has 0 bridgehead atoms. The molecule has 0 aliphatic rings. The molecule has 0 aliphatic heterocycles. The molecule has 1 amide bonds. The summed E-state index contributed by atoms with van der Waals surface area (Å²) in [5.41, 5.74) is -0.346. The Morgan fingerprint density at radius 2 is 1.71 bits per heavy atom. The second-order valence-corrected chi connectivity index (χ2v) is 8.20. The molecule has 0 spiro atoms. The van der Waals surface area contributed by atoms with Gasteiger partial charge in [-0.1, -0.05) is 15.9 Å². The Bertz CT molecular complexity index is 1140. The highest BCUT2D eigenvalue weighted by Crippen LogP contribution is 2.20. The van der Waals surface area contributed by atoms with Crippen LogP contribution in [0, 0.1) is 11.6 Å². The molecule has 0 saturated heterocycles. The number of nitrogens with one attached hydrogen (secondary N) is 2. The quantitative estimate of drug-likeness (QED) is 0.589. The number of pyridine rings is 1. The standard InChI is InChI=1S/C18H12BrF2N3O3S/c19-12-1-4-15(5-2-12)28(26,27)24-14-7-11(9-22-10-14)18(25)23-17-8-13(20)3-6-16(17)21/h1-10,24H,(H,23,25). The Hall–Kier alpha value is -2.85. The number of halogens is 3. The van der Waals surface area contributed by atoms with Gasteiger partial charge in [0, 0.05) is 16.7 Å². The SMILES string of the molecule is O=C(Nc1cc(F)ccc1F)c1cncc(NS(=O)(=O)c2ccc(Br)cc2)c1. The van der Waals surface area contributed by atoms with Gasteiger partial charge in [0.15, 0.2) is 0 Å². The second kappa shape index (κ2) is 8.03. The Kier molecular flexibility index (Phi) is 5.71. The van der Waals surface area contributed by atoms with Crippen LogP contribution in [0.1, 0.15) is 10.4 Å². The van der Waals surface area contributed by atoms with Gasteiger partial charge in [-0.25, -0.2) is 17.2 Å². The lowest BCUT2D eigenvalue weighted by atomic mass is 10.2. The van der Waals surface area contributed by atoms with E-state index in [4.69, 9.17) is 0 Å². The van der Waals surface area contributed by atoms with Crippen molar-refractivity contribution >= 4 is 43.2 Å². The van der Waals surface area contributed by atoms with E-state index in [0.29, 0.717) is 0 Å². The molecule has 0 fully saturated rings. The number of benzene rings is 2. The molecule has 28 heavy (non-hydrogen) atoms. The molecule has 0 saturated carbocycles. The van der Waals surface area contributed by atoms with Crippen LogP contribution in [-0.4, -0.2) is 19.3 Å². The van der Waals surface area contributed by atoms with E-state index in [0.717, 1.165) is 22.7 Å². The summed E-state index contributed by atoms with van der Waals surface area (Å²) in [5.74, 6) is -2.30. The van der Waals surface area contributed by atoms with E-state index in [1.165, 1.54) is 30.6 Å².